The summed E-state index contributed by atoms with van der Waals surface area (Å²) in [5, 5.41) is -0.0826. The molecule has 0 unspecified atom stereocenters. The Kier molecular flexibility index (Phi) is 5.68. The van der Waals surface area contributed by atoms with E-state index < -0.39 is 5.97 Å². The molecule has 2 rings (SSSR count). The van der Waals surface area contributed by atoms with E-state index in [0.717, 1.165) is 21.9 Å². The standard InChI is InChI=1S/C15H15NO4S2/c1-4-21-15-16-11(14(18)22-15)7-10-5-6-12(19-3)13(8-10)20-9(2)17/h5-8H,4H2,1-3H3. The molecule has 0 bridgehead atoms. The molecule has 0 saturated carbocycles. The van der Waals surface area contributed by atoms with Gasteiger partial charge in [0.2, 0.25) is 5.12 Å². The Morgan fingerprint density at radius 1 is 1.41 bits per heavy atom. The van der Waals surface area contributed by atoms with Crippen LogP contribution in [0.25, 0.3) is 6.08 Å². The number of carbonyl (C=O) groups excluding carboxylic acids is 2. The van der Waals surface area contributed by atoms with Crippen LogP contribution in [-0.4, -0.2) is 28.3 Å². The Hall–Kier alpha value is -1.73. The van der Waals surface area contributed by atoms with Gasteiger partial charge in [-0.3, -0.25) is 9.59 Å². The highest BCUT2D eigenvalue weighted by atomic mass is 32.2. The monoisotopic (exact) mass is 337 g/mol. The quantitative estimate of drug-likeness (QED) is 0.477. The van der Waals surface area contributed by atoms with E-state index in [1.165, 1.54) is 25.8 Å². The first-order chi connectivity index (χ1) is 10.5. The maximum absolute atomic E-state index is 11.9. The number of thioether (sulfide) groups is 2. The molecule has 1 aromatic carbocycles. The fraction of sp³-hybridized carbons (Fsp3) is 0.267. The fourth-order valence-electron chi connectivity index (χ4n) is 1.75. The normalized spacial score (nSPS) is 15.9. The van der Waals surface area contributed by atoms with E-state index in [-0.39, 0.29) is 5.12 Å². The number of esters is 1. The topological polar surface area (TPSA) is 65.0 Å². The molecule has 0 amide bonds. The van der Waals surface area contributed by atoms with Gasteiger partial charge in [0, 0.05) is 6.92 Å². The van der Waals surface area contributed by atoms with Crippen LogP contribution in [0.2, 0.25) is 0 Å². The van der Waals surface area contributed by atoms with Crippen molar-refractivity contribution in [3.63, 3.8) is 0 Å². The van der Waals surface area contributed by atoms with Crippen LogP contribution in [0.3, 0.4) is 0 Å². The summed E-state index contributed by atoms with van der Waals surface area (Å²) in [4.78, 5) is 27.3. The van der Waals surface area contributed by atoms with Crippen molar-refractivity contribution in [2.24, 2.45) is 4.99 Å². The number of nitrogens with zero attached hydrogens (tertiary/aromatic N) is 1. The van der Waals surface area contributed by atoms with E-state index in [9.17, 15) is 9.59 Å². The summed E-state index contributed by atoms with van der Waals surface area (Å²) in [6, 6.07) is 5.10. The van der Waals surface area contributed by atoms with Crippen molar-refractivity contribution < 1.29 is 19.1 Å². The van der Waals surface area contributed by atoms with Gasteiger partial charge in [0.05, 0.1) is 7.11 Å². The molecule has 0 saturated heterocycles. The van der Waals surface area contributed by atoms with Crippen molar-refractivity contribution >= 4 is 45.1 Å². The maximum atomic E-state index is 11.9. The largest absolute Gasteiger partial charge is 0.493 e. The van der Waals surface area contributed by atoms with E-state index in [1.54, 1.807) is 24.3 Å². The average Bonchev–Trinajstić information content (AvgIpc) is 2.79. The second-order valence-electron chi connectivity index (χ2n) is 4.23. The number of carbonyl (C=O) groups is 2. The smallest absolute Gasteiger partial charge is 0.308 e. The molecule has 116 valence electrons. The van der Waals surface area contributed by atoms with Gasteiger partial charge in [0.15, 0.2) is 11.5 Å². The molecule has 1 heterocycles. The van der Waals surface area contributed by atoms with Crippen molar-refractivity contribution in [3.8, 4) is 11.5 Å². The van der Waals surface area contributed by atoms with Crippen molar-refractivity contribution in [3.05, 3.63) is 29.5 Å². The minimum absolute atomic E-state index is 0.0826. The van der Waals surface area contributed by atoms with E-state index in [4.69, 9.17) is 9.47 Å². The molecular weight excluding hydrogens is 322 g/mol. The summed E-state index contributed by atoms with van der Waals surface area (Å²) in [5.74, 6) is 1.20. The lowest BCUT2D eigenvalue weighted by atomic mass is 10.1. The molecule has 7 heteroatoms. The molecule has 0 fully saturated rings. The summed E-state index contributed by atoms with van der Waals surface area (Å²) < 4.78 is 11.0. The molecular formula is C15H15NO4S2. The molecule has 0 N–H and O–H groups in total. The first kappa shape index (κ1) is 16.6. The van der Waals surface area contributed by atoms with E-state index in [2.05, 4.69) is 4.99 Å². The minimum atomic E-state index is -0.435. The Balaban J connectivity index is 2.31. The third kappa shape index (κ3) is 4.14. The Morgan fingerprint density at radius 3 is 2.82 bits per heavy atom. The van der Waals surface area contributed by atoms with E-state index in [1.807, 2.05) is 6.92 Å². The van der Waals surface area contributed by atoms with Gasteiger partial charge in [-0.2, -0.15) is 0 Å². The lowest BCUT2D eigenvalue weighted by molar-refractivity contribution is -0.132. The SMILES string of the molecule is CCSC1=NC(=Cc2ccc(OC)c(OC(C)=O)c2)C(=O)S1. The first-order valence-electron chi connectivity index (χ1n) is 6.55. The molecule has 0 radical (unpaired) electrons. The molecule has 1 aromatic rings. The van der Waals surface area contributed by atoms with Crippen LogP contribution in [0.15, 0.2) is 28.9 Å². The highest BCUT2D eigenvalue weighted by Gasteiger charge is 2.22. The molecule has 1 aliphatic heterocycles. The van der Waals surface area contributed by atoms with Gasteiger partial charge in [0.1, 0.15) is 10.1 Å². The molecule has 0 spiro atoms. The molecule has 0 aliphatic carbocycles. The van der Waals surface area contributed by atoms with Crippen LogP contribution >= 0.6 is 23.5 Å². The van der Waals surface area contributed by atoms with Gasteiger partial charge in [-0.15, -0.1) is 0 Å². The summed E-state index contributed by atoms with van der Waals surface area (Å²) >= 11 is 2.67. The summed E-state index contributed by atoms with van der Waals surface area (Å²) in [5.41, 5.74) is 1.10. The van der Waals surface area contributed by atoms with Gasteiger partial charge in [-0.05, 0) is 41.3 Å². The third-order valence-electron chi connectivity index (χ3n) is 2.61. The second kappa shape index (κ2) is 7.51. The number of rotatable bonds is 4. The van der Waals surface area contributed by atoms with Crippen molar-refractivity contribution in [2.45, 2.75) is 13.8 Å². The predicted molar refractivity (Wildman–Crippen MR) is 90.4 cm³/mol. The van der Waals surface area contributed by atoms with Crippen LogP contribution in [0.5, 0.6) is 11.5 Å². The lowest BCUT2D eigenvalue weighted by Crippen LogP contribution is -2.03. The van der Waals surface area contributed by atoms with Crippen LogP contribution in [0.4, 0.5) is 0 Å². The summed E-state index contributed by atoms with van der Waals surface area (Å²) in [6.45, 7) is 3.33. The molecule has 0 aromatic heterocycles. The number of methoxy groups -OCH3 is 1. The van der Waals surface area contributed by atoms with Gasteiger partial charge < -0.3 is 9.47 Å². The average molecular weight is 337 g/mol. The zero-order chi connectivity index (χ0) is 16.1. The Labute approximate surface area is 137 Å². The summed E-state index contributed by atoms with van der Waals surface area (Å²) in [6.07, 6.45) is 1.67. The van der Waals surface area contributed by atoms with Crippen molar-refractivity contribution in [1.82, 2.24) is 0 Å². The third-order valence-corrected chi connectivity index (χ3v) is 4.50. The van der Waals surface area contributed by atoms with Crippen molar-refractivity contribution in [1.29, 1.82) is 0 Å². The van der Waals surface area contributed by atoms with E-state index in [0.29, 0.717) is 22.8 Å². The van der Waals surface area contributed by atoms with Gasteiger partial charge in [0.25, 0.3) is 0 Å². The zero-order valence-electron chi connectivity index (χ0n) is 12.4. The van der Waals surface area contributed by atoms with Crippen LogP contribution in [0, 0.1) is 0 Å². The number of benzene rings is 1. The fourth-order valence-corrected chi connectivity index (χ4v) is 3.49. The Morgan fingerprint density at radius 2 is 2.18 bits per heavy atom. The predicted octanol–water partition coefficient (Wildman–Crippen LogP) is 3.34. The minimum Gasteiger partial charge on any atom is -0.493 e. The van der Waals surface area contributed by atoms with Gasteiger partial charge in [-0.25, -0.2) is 4.99 Å². The highest BCUT2D eigenvalue weighted by Crippen LogP contribution is 2.33. The molecule has 0 atom stereocenters. The summed E-state index contributed by atoms with van der Waals surface area (Å²) in [7, 11) is 1.50. The second-order valence-corrected chi connectivity index (χ2v) is 6.71. The Bertz CT molecular complexity index is 668. The lowest BCUT2D eigenvalue weighted by Gasteiger charge is -2.08. The van der Waals surface area contributed by atoms with Crippen LogP contribution in [0.1, 0.15) is 19.4 Å². The van der Waals surface area contributed by atoms with Gasteiger partial charge in [-0.1, -0.05) is 24.8 Å². The van der Waals surface area contributed by atoms with Gasteiger partial charge >= 0.3 is 5.97 Å². The number of aliphatic imine (C=N–C) groups is 1. The molecule has 5 nitrogen and oxygen atoms in total. The number of ether oxygens (including phenoxy) is 2. The van der Waals surface area contributed by atoms with E-state index >= 15 is 0 Å². The maximum Gasteiger partial charge on any atom is 0.308 e. The van der Waals surface area contributed by atoms with Crippen molar-refractivity contribution in [2.75, 3.05) is 12.9 Å². The first-order valence-corrected chi connectivity index (χ1v) is 8.35. The number of hydrogen-bond donors (Lipinski definition) is 0. The van der Waals surface area contributed by atoms with Crippen LogP contribution < -0.4 is 9.47 Å². The molecule has 1 aliphatic rings. The number of hydrogen-bond acceptors (Lipinski definition) is 7. The zero-order valence-corrected chi connectivity index (χ0v) is 14.0. The highest BCUT2D eigenvalue weighted by molar-refractivity contribution is 8.45. The molecule has 22 heavy (non-hydrogen) atoms. The van der Waals surface area contributed by atoms with Crippen LogP contribution in [-0.2, 0) is 9.59 Å².